The summed E-state index contributed by atoms with van der Waals surface area (Å²) in [6, 6.07) is 0. The van der Waals surface area contributed by atoms with Gasteiger partial charge in [0.1, 0.15) is 5.54 Å². The molecule has 0 saturated heterocycles. The average Bonchev–Trinajstić information content (AvgIpc) is 2.39. The zero-order valence-corrected chi connectivity index (χ0v) is 13.2. The van der Waals surface area contributed by atoms with Crippen molar-refractivity contribution in [1.29, 1.82) is 0 Å². The first kappa shape index (κ1) is 17.4. The summed E-state index contributed by atoms with van der Waals surface area (Å²) < 4.78 is 11.2. The zero-order chi connectivity index (χ0) is 15.2. The number of aliphatic carboxylic acids is 1. The quantitative estimate of drug-likeness (QED) is 0.716. The summed E-state index contributed by atoms with van der Waals surface area (Å²) >= 11 is 0. The SMILES string of the molecule is CCNC1(C(=O)O)CCCC(OCCC(C)(C)OC)C1. The Kier molecular flexibility index (Phi) is 6.43. The lowest BCUT2D eigenvalue weighted by atomic mass is 9.80. The Bertz CT molecular complexity index is 315. The lowest BCUT2D eigenvalue weighted by molar-refractivity contribution is -0.149. The van der Waals surface area contributed by atoms with E-state index in [-0.39, 0.29) is 11.7 Å². The molecule has 2 unspecified atom stereocenters. The minimum Gasteiger partial charge on any atom is -0.480 e. The molecule has 5 heteroatoms. The van der Waals surface area contributed by atoms with Gasteiger partial charge in [0, 0.05) is 20.1 Å². The predicted molar refractivity (Wildman–Crippen MR) is 78.0 cm³/mol. The number of rotatable bonds is 8. The Morgan fingerprint density at radius 3 is 2.75 bits per heavy atom. The number of carboxylic acid groups (broad SMARTS) is 1. The molecule has 0 aromatic heterocycles. The fourth-order valence-electron chi connectivity index (χ4n) is 2.71. The van der Waals surface area contributed by atoms with Gasteiger partial charge in [0.05, 0.1) is 11.7 Å². The first-order valence-electron chi connectivity index (χ1n) is 7.50. The standard InChI is InChI=1S/C15H29NO4/c1-5-16-15(13(17)18)8-6-7-12(11-15)20-10-9-14(2,3)19-4/h12,16H,5-11H2,1-4H3,(H,17,18). The number of ether oxygens (including phenoxy) is 2. The number of likely N-dealkylation sites (N-methyl/N-ethyl adjacent to an activating group) is 1. The summed E-state index contributed by atoms with van der Waals surface area (Å²) in [4.78, 5) is 11.6. The maximum absolute atomic E-state index is 11.6. The highest BCUT2D eigenvalue weighted by Crippen LogP contribution is 2.31. The zero-order valence-electron chi connectivity index (χ0n) is 13.2. The van der Waals surface area contributed by atoms with E-state index in [0.29, 0.717) is 26.0 Å². The third-order valence-corrected chi connectivity index (χ3v) is 4.24. The first-order chi connectivity index (χ1) is 9.35. The molecule has 1 rings (SSSR count). The first-order valence-corrected chi connectivity index (χ1v) is 7.50. The number of nitrogens with one attached hydrogen (secondary N) is 1. The second-order valence-electron chi connectivity index (χ2n) is 6.22. The predicted octanol–water partition coefficient (Wildman–Crippen LogP) is 2.19. The third kappa shape index (κ3) is 4.72. The Labute approximate surface area is 122 Å². The Morgan fingerprint density at radius 1 is 1.50 bits per heavy atom. The number of hydrogen-bond acceptors (Lipinski definition) is 4. The molecule has 2 N–H and O–H groups in total. The molecule has 2 atom stereocenters. The summed E-state index contributed by atoms with van der Waals surface area (Å²) in [5.74, 6) is -0.759. The fraction of sp³-hybridized carbons (Fsp3) is 0.933. The Balaban J connectivity index is 2.50. The maximum atomic E-state index is 11.6. The number of carboxylic acids is 1. The van der Waals surface area contributed by atoms with Crippen molar-refractivity contribution in [3.63, 3.8) is 0 Å². The molecule has 118 valence electrons. The fourth-order valence-corrected chi connectivity index (χ4v) is 2.71. The number of methoxy groups -OCH3 is 1. The van der Waals surface area contributed by atoms with Crippen molar-refractivity contribution in [2.24, 2.45) is 0 Å². The van der Waals surface area contributed by atoms with Gasteiger partial charge in [-0.25, -0.2) is 0 Å². The van der Waals surface area contributed by atoms with Crippen LogP contribution in [-0.4, -0.2) is 48.6 Å². The van der Waals surface area contributed by atoms with Gasteiger partial charge in [-0.15, -0.1) is 0 Å². The van der Waals surface area contributed by atoms with E-state index in [1.807, 2.05) is 20.8 Å². The largest absolute Gasteiger partial charge is 0.480 e. The van der Waals surface area contributed by atoms with Crippen LogP contribution < -0.4 is 5.32 Å². The smallest absolute Gasteiger partial charge is 0.323 e. The van der Waals surface area contributed by atoms with Crippen LogP contribution in [0.5, 0.6) is 0 Å². The van der Waals surface area contributed by atoms with E-state index in [4.69, 9.17) is 9.47 Å². The van der Waals surface area contributed by atoms with Crippen LogP contribution in [0.1, 0.15) is 52.9 Å². The van der Waals surface area contributed by atoms with E-state index in [9.17, 15) is 9.90 Å². The Morgan fingerprint density at radius 2 is 2.20 bits per heavy atom. The Hall–Kier alpha value is -0.650. The summed E-state index contributed by atoms with van der Waals surface area (Å²) in [6.07, 6.45) is 3.88. The van der Waals surface area contributed by atoms with E-state index >= 15 is 0 Å². The molecule has 0 heterocycles. The van der Waals surface area contributed by atoms with Crippen LogP contribution in [0.3, 0.4) is 0 Å². The van der Waals surface area contributed by atoms with E-state index < -0.39 is 11.5 Å². The third-order valence-electron chi connectivity index (χ3n) is 4.24. The van der Waals surface area contributed by atoms with Crippen LogP contribution in [-0.2, 0) is 14.3 Å². The van der Waals surface area contributed by atoms with Crippen molar-refractivity contribution >= 4 is 5.97 Å². The van der Waals surface area contributed by atoms with Crippen LogP contribution >= 0.6 is 0 Å². The monoisotopic (exact) mass is 287 g/mol. The minimum absolute atomic E-state index is 0.0200. The van der Waals surface area contributed by atoms with Crippen molar-refractivity contribution in [2.75, 3.05) is 20.3 Å². The molecular formula is C15H29NO4. The van der Waals surface area contributed by atoms with E-state index in [0.717, 1.165) is 19.3 Å². The summed E-state index contributed by atoms with van der Waals surface area (Å²) in [6.45, 7) is 7.26. The van der Waals surface area contributed by atoms with Gasteiger partial charge in [0.15, 0.2) is 0 Å². The summed E-state index contributed by atoms with van der Waals surface area (Å²) in [7, 11) is 1.70. The average molecular weight is 287 g/mol. The van der Waals surface area contributed by atoms with Gasteiger partial charge in [0.2, 0.25) is 0 Å². The minimum atomic E-state index is -0.811. The molecular weight excluding hydrogens is 258 g/mol. The molecule has 1 saturated carbocycles. The van der Waals surface area contributed by atoms with Gasteiger partial charge in [-0.1, -0.05) is 6.92 Å². The van der Waals surface area contributed by atoms with Crippen LogP contribution in [0.15, 0.2) is 0 Å². The van der Waals surface area contributed by atoms with Gasteiger partial charge in [-0.3, -0.25) is 4.79 Å². The molecule has 1 aliphatic rings. The lowest BCUT2D eigenvalue weighted by Gasteiger charge is -2.38. The van der Waals surface area contributed by atoms with Crippen molar-refractivity contribution in [1.82, 2.24) is 5.32 Å². The summed E-state index contributed by atoms with van der Waals surface area (Å²) in [5, 5.41) is 12.6. The van der Waals surface area contributed by atoms with Gasteiger partial charge in [-0.05, 0) is 46.1 Å². The highest BCUT2D eigenvalue weighted by atomic mass is 16.5. The van der Waals surface area contributed by atoms with Crippen molar-refractivity contribution < 1.29 is 19.4 Å². The summed E-state index contributed by atoms with van der Waals surface area (Å²) in [5.41, 5.74) is -1.01. The van der Waals surface area contributed by atoms with Gasteiger partial charge in [0.25, 0.3) is 0 Å². The molecule has 1 fully saturated rings. The van der Waals surface area contributed by atoms with Gasteiger partial charge < -0.3 is 19.9 Å². The molecule has 0 aromatic rings. The second kappa shape index (κ2) is 7.38. The molecule has 0 amide bonds. The molecule has 0 radical (unpaired) electrons. The van der Waals surface area contributed by atoms with Crippen LogP contribution in [0.25, 0.3) is 0 Å². The number of hydrogen-bond donors (Lipinski definition) is 2. The molecule has 0 aliphatic heterocycles. The normalized spacial score (nSPS) is 27.5. The molecule has 0 aromatic carbocycles. The van der Waals surface area contributed by atoms with Gasteiger partial charge >= 0.3 is 5.97 Å². The molecule has 20 heavy (non-hydrogen) atoms. The van der Waals surface area contributed by atoms with E-state index in [1.54, 1.807) is 7.11 Å². The van der Waals surface area contributed by atoms with Crippen molar-refractivity contribution in [3.05, 3.63) is 0 Å². The highest BCUT2D eigenvalue weighted by Gasteiger charge is 2.42. The highest BCUT2D eigenvalue weighted by molar-refractivity contribution is 5.79. The van der Waals surface area contributed by atoms with Crippen LogP contribution in [0.4, 0.5) is 0 Å². The van der Waals surface area contributed by atoms with Crippen molar-refractivity contribution in [3.8, 4) is 0 Å². The second-order valence-corrected chi connectivity index (χ2v) is 6.22. The molecule has 1 aliphatic carbocycles. The van der Waals surface area contributed by atoms with Crippen LogP contribution in [0, 0.1) is 0 Å². The topological polar surface area (TPSA) is 67.8 Å². The van der Waals surface area contributed by atoms with Gasteiger partial charge in [-0.2, -0.15) is 0 Å². The molecule has 0 bridgehead atoms. The maximum Gasteiger partial charge on any atom is 0.323 e. The molecule has 0 spiro atoms. The molecule has 5 nitrogen and oxygen atoms in total. The van der Waals surface area contributed by atoms with Crippen molar-refractivity contribution in [2.45, 2.75) is 70.1 Å². The van der Waals surface area contributed by atoms with Crippen LogP contribution in [0.2, 0.25) is 0 Å². The van der Waals surface area contributed by atoms with E-state index in [1.165, 1.54) is 0 Å². The van der Waals surface area contributed by atoms with E-state index in [2.05, 4.69) is 5.32 Å². The number of carbonyl (C=O) groups is 1. The lowest BCUT2D eigenvalue weighted by Crippen LogP contribution is -2.56.